The second-order valence-corrected chi connectivity index (χ2v) is 5.38. The zero-order chi connectivity index (χ0) is 13.5. The van der Waals surface area contributed by atoms with Gasteiger partial charge < -0.3 is 9.64 Å². The fourth-order valence-electron chi connectivity index (χ4n) is 1.67. The number of carbonyl (C=O) groups excluding carboxylic acids is 1. The zero-order valence-corrected chi connectivity index (χ0v) is 12.7. The van der Waals surface area contributed by atoms with E-state index in [4.69, 9.17) is 4.74 Å². The van der Waals surface area contributed by atoms with Crippen molar-refractivity contribution in [1.29, 1.82) is 0 Å². The van der Waals surface area contributed by atoms with Crippen LogP contribution in [0.4, 0.5) is 0 Å². The van der Waals surface area contributed by atoms with Crippen LogP contribution in [0.1, 0.15) is 23.7 Å². The van der Waals surface area contributed by atoms with Crippen molar-refractivity contribution >= 4 is 21.7 Å². The highest BCUT2D eigenvalue weighted by atomic mass is 79.9. The molecule has 18 heavy (non-hydrogen) atoms. The Morgan fingerprint density at radius 1 is 1.50 bits per heavy atom. The third-order valence-electron chi connectivity index (χ3n) is 3.00. The molecule has 0 aromatic heterocycles. The lowest BCUT2D eigenvalue weighted by atomic mass is 10.1. The largest absolute Gasteiger partial charge is 0.383 e. The molecular formula is C14H20BrNO2. The molecule has 0 saturated heterocycles. The average molecular weight is 314 g/mol. The van der Waals surface area contributed by atoms with E-state index >= 15 is 0 Å². The van der Waals surface area contributed by atoms with Gasteiger partial charge in [-0.2, -0.15) is 0 Å². The number of benzene rings is 1. The van der Waals surface area contributed by atoms with Gasteiger partial charge in [0, 0.05) is 36.2 Å². The molecule has 0 aliphatic carbocycles. The number of likely N-dealkylation sites (N-methyl/N-ethyl adjacent to an activating group) is 1. The van der Waals surface area contributed by atoms with Gasteiger partial charge in [-0.05, 0) is 26.1 Å². The van der Waals surface area contributed by atoms with Crippen LogP contribution in [-0.2, 0) is 4.74 Å². The number of halogens is 1. The van der Waals surface area contributed by atoms with E-state index in [0.29, 0.717) is 19.1 Å². The van der Waals surface area contributed by atoms with E-state index in [1.54, 1.807) is 7.11 Å². The number of Topliss-reactive ketones (excluding diaryl/α,β-unsaturated/α-hetero) is 1. The van der Waals surface area contributed by atoms with E-state index in [1.807, 2.05) is 31.3 Å². The normalized spacial score (nSPS) is 12.7. The molecule has 0 fully saturated rings. The summed E-state index contributed by atoms with van der Waals surface area (Å²) in [5.41, 5.74) is 0.761. The van der Waals surface area contributed by atoms with Crippen LogP contribution in [0.2, 0.25) is 0 Å². The van der Waals surface area contributed by atoms with Gasteiger partial charge >= 0.3 is 0 Å². The second kappa shape index (κ2) is 7.67. The summed E-state index contributed by atoms with van der Waals surface area (Å²) < 4.78 is 6.04. The Kier molecular flexibility index (Phi) is 6.54. The number of hydrogen-bond acceptors (Lipinski definition) is 3. The number of rotatable bonds is 7. The van der Waals surface area contributed by atoms with Gasteiger partial charge in [-0.15, -0.1) is 0 Å². The molecule has 0 aliphatic heterocycles. The van der Waals surface area contributed by atoms with Crippen molar-refractivity contribution < 1.29 is 9.53 Å². The van der Waals surface area contributed by atoms with Crippen molar-refractivity contribution in [3.8, 4) is 0 Å². The van der Waals surface area contributed by atoms with E-state index < -0.39 is 0 Å². The SMILES string of the molecule is COCC(C)N(C)CCC(=O)c1cccc(Br)c1. The molecule has 0 heterocycles. The number of nitrogens with zero attached hydrogens (tertiary/aromatic N) is 1. The summed E-state index contributed by atoms with van der Waals surface area (Å²) in [5.74, 6) is 0.174. The maximum atomic E-state index is 12.0. The quantitative estimate of drug-likeness (QED) is 0.725. The lowest BCUT2D eigenvalue weighted by Gasteiger charge is -2.23. The van der Waals surface area contributed by atoms with Crippen LogP contribution >= 0.6 is 15.9 Å². The standard InChI is InChI=1S/C14H20BrNO2/c1-11(10-18-3)16(2)8-7-14(17)12-5-4-6-13(15)9-12/h4-6,9,11H,7-8,10H2,1-3H3. The molecule has 0 spiro atoms. The highest BCUT2D eigenvalue weighted by Gasteiger charge is 2.12. The zero-order valence-electron chi connectivity index (χ0n) is 11.1. The van der Waals surface area contributed by atoms with Gasteiger partial charge in [0.2, 0.25) is 0 Å². The first-order valence-corrected chi connectivity index (χ1v) is 6.82. The summed E-state index contributed by atoms with van der Waals surface area (Å²) in [6.07, 6.45) is 0.529. The lowest BCUT2D eigenvalue weighted by molar-refractivity contribution is 0.0916. The Morgan fingerprint density at radius 3 is 2.83 bits per heavy atom. The number of methoxy groups -OCH3 is 1. The van der Waals surface area contributed by atoms with Gasteiger partial charge in [0.15, 0.2) is 5.78 Å². The molecular weight excluding hydrogens is 294 g/mol. The van der Waals surface area contributed by atoms with E-state index in [2.05, 4.69) is 27.8 Å². The highest BCUT2D eigenvalue weighted by Crippen LogP contribution is 2.13. The molecule has 0 bridgehead atoms. The Morgan fingerprint density at radius 2 is 2.22 bits per heavy atom. The van der Waals surface area contributed by atoms with Crippen LogP contribution in [0.5, 0.6) is 0 Å². The van der Waals surface area contributed by atoms with E-state index in [-0.39, 0.29) is 5.78 Å². The first kappa shape index (κ1) is 15.3. The van der Waals surface area contributed by atoms with Crippen LogP contribution in [-0.4, -0.2) is 44.0 Å². The number of ether oxygens (including phenoxy) is 1. The fraction of sp³-hybridized carbons (Fsp3) is 0.500. The Balaban J connectivity index is 2.46. The summed E-state index contributed by atoms with van der Waals surface area (Å²) >= 11 is 3.38. The Hall–Kier alpha value is -0.710. The molecule has 100 valence electrons. The predicted molar refractivity (Wildman–Crippen MR) is 77.1 cm³/mol. The average Bonchev–Trinajstić information content (AvgIpc) is 2.35. The summed E-state index contributed by atoms with van der Waals surface area (Å²) in [6, 6.07) is 7.84. The predicted octanol–water partition coefficient (Wildman–Crippen LogP) is 2.99. The molecule has 0 N–H and O–H groups in total. The minimum absolute atomic E-state index is 0.174. The first-order chi connectivity index (χ1) is 8.54. The summed E-state index contributed by atoms with van der Waals surface area (Å²) in [7, 11) is 3.70. The Labute approximate surface area is 117 Å². The highest BCUT2D eigenvalue weighted by molar-refractivity contribution is 9.10. The number of carbonyl (C=O) groups is 1. The van der Waals surface area contributed by atoms with Gasteiger partial charge in [-0.3, -0.25) is 4.79 Å². The first-order valence-electron chi connectivity index (χ1n) is 6.02. The van der Waals surface area contributed by atoms with Gasteiger partial charge in [0.1, 0.15) is 0 Å². The van der Waals surface area contributed by atoms with Crippen molar-refractivity contribution in [3.05, 3.63) is 34.3 Å². The summed E-state index contributed by atoms with van der Waals surface area (Å²) in [6.45, 7) is 3.52. The molecule has 0 saturated carbocycles. The summed E-state index contributed by atoms with van der Waals surface area (Å²) in [5, 5.41) is 0. The molecule has 4 heteroatoms. The molecule has 3 nitrogen and oxygen atoms in total. The van der Waals surface area contributed by atoms with Gasteiger partial charge in [-0.25, -0.2) is 0 Å². The molecule has 1 rings (SSSR count). The molecule has 0 amide bonds. The maximum Gasteiger partial charge on any atom is 0.164 e. The third kappa shape index (κ3) is 4.88. The van der Waals surface area contributed by atoms with Crippen molar-refractivity contribution in [2.45, 2.75) is 19.4 Å². The van der Waals surface area contributed by atoms with Crippen LogP contribution in [0.3, 0.4) is 0 Å². The van der Waals surface area contributed by atoms with Crippen LogP contribution < -0.4 is 0 Å². The van der Waals surface area contributed by atoms with E-state index in [0.717, 1.165) is 16.6 Å². The van der Waals surface area contributed by atoms with Crippen molar-refractivity contribution in [3.63, 3.8) is 0 Å². The number of hydrogen-bond donors (Lipinski definition) is 0. The lowest BCUT2D eigenvalue weighted by Crippen LogP contribution is -2.34. The number of ketones is 1. The van der Waals surface area contributed by atoms with Gasteiger partial charge in [-0.1, -0.05) is 28.1 Å². The molecule has 1 unspecified atom stereocenters. The topological polar surface area (TPSA) is 29.5 Å². The fourth-order valence-corrected chi connectivity index (χ4v) is 2.07. The monoisotopic (exact) mass is 313 g/mol. The van der Waals surface area contributed by atoms with Crippen LogP contribution in [0, 0.1) is 0 Å². The van der Waals surface area contributed by atoms with Crippen LogP contribution in [0.25, 0.3) is 0 Å². The van der Waals surface area contributed by atoms with Crippen LogP contribution in [0.15, 0.2) is 28.7 Å². The minimum Gasteiger partial charge on any atom is -0.383 e. The molecule has 1 aromatic rings. The second-order valence-electron chi connectivity index (χ2n) is 4.47. The Bertz CT molecular complexity index is 395. The molecule has 0 radical (unpaired) electrons. The van der Waals surface area contributed by atoms with Crippen molar-refractivity contribution in [2.24, 2.45) is 0 Å². The third-order valence-corrected chi connectivity index (χ3v) is 3.49. The van der Waals surface area contributed by atoms with Crippen molar-refractivity contribution in [2.75, 3.05) is 27.3 Å². The smallest absolute Gasteiger partial charge is 0.164 e. The molecule has 0 aliphatic rings. The van der Waals surface area contributed by atoms with E-state index in [1.165, 1.54) is 0 Å². The van der Waals surface area contributed by atoms with Gasteiger partial charge in [0.25, 0.3) is 0 Å². The minimum atomic E-state index is 0.174. The van der Waals surface area contributed by atoms with E-state index in [9.17, 15) is 4.79 Å². The van der Waals surface area contributed by atoms with Gasteiger partial charge in [0.05, 0.1) is 6.61 Å². The maximum absolute atomic E-state index is 12.0. The van der Waals surface area contributed by atoms with Crippen molar-refractivity contribution in [1.82, 2.24) is 4.90 Å². The summed E-state index contributed by atoms with van der Waals surface area (Å²) in [4.78, 5) is 14.1. The molecule has 1 aromatic carbocycles. The molecule has 1 atom stereocenters.